The number of benzene rings is 1. The van der Waals surface area contributed by atoms with E-state index >= 15 is 0 Å². The number of halogens is 1. The van der Waals surface area contributed by atoms with Crippen molar-refractivity contribution in [3.63, 3.8) is 0 Å². The molecular formula is C15H21ClN2O2. The molecule has 20 heavy (non-hydrogen) atoms. The second-order valence-corrected chi connectivity index (χ2v) is 5.15. The minimum absolute atomic E-state index is 0.0505. The molecule has 4 nitrogen and oxygen atoms in total. The van der Waals surface area contributed by atoms with Crippen LogP contribution in [0.1, 0.15) is 43.5 Å². The monoisotopic (exact) mass is 296 g/mol. The lowest BCUT2D eigenvalue weighted by Gasteiger charge is -2.13. The molecule has 0 aromatic heterocycles. The van der Waals surface area contributed by atoms with E-state index in [1.807, 2.05) is 6.92 Å². The predicted molar refractivity (Wildman–Crippen MR) is 80.9 cm³/mol. The minimum atomic E-state index is -0.259. The lowest BCUT2D eigenvalue weighted by Crippen LogP contribution is -2.35. The van der Waals surface area contributed by atoms with Gasteiger partial charge in [0.2, 0.25) is 5.91 Å². The van der Waals surface area contributed by atoms with Gasteiger partial charge in [-0.15, -0.1) is 0 Å². The Morgan fingerprint density at radius 2 is 2.00 bits per heavy atom. The third kappa shape index (κ3) is 5.61. The Morgan fingerprint density at radius 1 is 1.30 bits per heavy atom. The fourth-order valence-electron chi connectivity index (χ4n) is 1.88. The van der Waals surface area contributed by atoms with E-state index in [0.29, 0.717) is 17.1 Å². The molecule has 1 aromatic rings. The average Bonchev–Trinajstić information content (AvgIpc) is 2.39. The normalized spacial score (nSPS) is 11.8. The molecule has 0 saturated carbocycles. The maximum absolute atomic E-state index is 11.8. The topological polar surface area (TPSA) is 58.2 Å². The fourth-order valence-corrected chi connectivity index (χ4v) is 2.10. The van der Waals surface area contributed by atoms with Crippen molar-refractivity contribution < 1.29 is 9.59 Å². The SMILES string of the molecule is CCC[C@@H](C)NC(=O)CCNC(=O)c1ccccc1Cl. The van der Waals surface area contributed by atoms with Crippen molar-refractivity contribution in [2.45, 2.75) is 39.2 Å². The first kappa shape index (κ1) is 16.5. The van der Waals surface area contributed by atoms with Crippen LogP contribution in [0.2, 0.25) is 5.02 Å². The van der Waals surface area contributed by atoms with Gasteiger partial charge in [-0.2, -0.15) is 0 Å². The molecular weight excluding hydrogens is 276 g/mol. The largest absolute Gasteiger partial charge is 0.354 e. The molecule has 5 heteroatoms. The summed E-state index contributed by atoms with van der Waals surface area (Å²) in [5.74, 6) is -0.310. The van der Waals surface area contributed by atoms with E-state index in [2.05, 4.69) is 17.6 Å². The highest BCUT2D eigenvalue weighted by molar-refractivity contribution is 6.33. The van der Waals surface area contributed by atoms with Gasteiger partial charge >= 0.3 is 0 Å². The van der Waals surface area contributed by atoms with Crippen LogP contribution < -0.4 is 10.6 Å². The molecule has 0 bridgehead atoms. The molecule has 0 aliphatic heterocycles. The molecule has 2 amide bonds. The zero-order valence-electron chi connectivity index (χ0n) is 11.9. The Hall–Kier alpha value is -1.55. The molecule has 0 heterocycles. The van der Waals surface area contributed by atoms with E-state index in [1.54, 1.807) is 24.3 Å². The van der Waals surface area contributed by atoms with Gasteiger partial charge in [0.15, 0.2) is 0 Å². The summed E-state index contributed by atoms with van der Waals surface area (Å²) < 4.78 is 0. The Bertz CT molecular complexity index is 463. The van der Waals surface area contributed by atoms with Gasteiger partial charge in [0.05, 0.1) is 10.6 Å². The number of carbonyl (C=O) groups excluding carboxylic acids is 2. The van der Waals surface area contributed by atoms with Crippen LogP contribution in [0.15, 0.2) is 24.3 Å². The van der Waals surface area contributed by atoms with Crippen LogP contribution in [-0.4, -0.2) is 24.4 Å². The van der Waals surface area contributed by atoms with Gasteiger partial charge < -0.3 is 10.6 Å². The summed E-state index contributed by atoms with van der Waals surface area (Å²) in [4.78, 5) is 23.5. The highest BCUT2D eigenvalue weighted by atomic mass is 35.5. The van der Waals surface area contributed by atoms with Crippen LogP contribution in [0.4, 0.5) is 0 Å². The van der Waals surface area contributed by atoms with E-state index in [0.717, 1.165) is 12.8 Å². The lowest BCUT2D eigenvalue weighted by molar-refractivity contribution is -0.121. The van der Waals surface area contributed by atoms with E-state index in [4.69, 9.17) is 11.6 Å². The fraction of sp³-hybridized carbons (Fsp3) is 0.467. The Kier molecular flexibility index (Phi) is 7.09. The number of amides is 2. The molecule has 0 fully saturated rings. The van der Waals surface area contributed by atoms with Gasteiger partial charge in [-0.1, -0.05) is 37.1 Å². The van der Waals surface area contributed by atoms with Crippen molar-refractivity contribution >= 4 is 23.4 Å². The Balaban J connectivity index is 2.32. The number of hydrogen-bond acceptors (Lipinski definition) is 2. The molecule has 0 spiro atoms. The van der Waals surface area contributed by atoms with E-state index < -0.39 is 0 Å². The van der Waals surface area contributed by atoms with Gasteiger partial charge in [0, 0.05) is 19.0 Å². The number of rotatable bonds is 7. The van der Waals surface area contributed by atoms with E-state index in [1.165, 1.54) is 0 Å². The van der Waals surface area contributed by atoms with Crippen molar-refractivity contribution in [1.29, 1.82) is 0 Å². The summed E-state index contributed by atoms with van der Waals surface area (Å²) in [6.07, 6.45) is 2.26. The van der Waals surface area contributed by atoms with Crippen LogP contribution in [-0.2, 0) is 4.79 Å². The van der Waals surface area contributed by atoms with E-state index in [-0.39, 0.29) is 24.3 Å². The Labute approximate surface area is 124 Å². The number of hydrogen-bond donors (Lipinski definition) is 2. The zero-order valence-corrected chi connectivity index (χ0v) is 12.7. The van der Waals surface area contributed by atoms with Crippen molar-refractivity contribution in [3.8, 4) is 0 Å². The summed E-state index contributed by atoms with van der Waals surface area (Å²) >= 11 is 5.92. The van der Waals surface area contributed by atoms with Crippen molar-refractivity contribution in [2.75, 3.05) is 6.54 Å². The molecule has 0 saturated heterocycles. The summed E-state index contributed by atoms with van der Waals surface area (Å²) in [6, 6.07) is 7.00. The van der Waals surface area contributed by atoms with Crippen LogP contribution in [0, 0.1) is 0 Å². The van der Waals surface area contributed by atoms with Crippen LogP contribution >= 0.6 is 11.6 Å². The molecule has 1 rings (SSSR count). The quantitative estimate of drug-likeness (QED) is 0.813. The Morgan fingerprint density at radius 3 is 2.65 bits per heavy atom. The highest BCUT2D eigenvalue weighted by Crippen LogP contribution is 2.14. The minimum Gasteiger partial charge on any atom is -0.354 e. The van der Waals surface area contributed by atoms with Gasteiger partial charge in [-0.05, 0) is 25.5 Å². The van der Waals surface area contributed by atoms with Crippen LogP contribution in [0.25, 0.3) is 0 Å². The smallest absolute Gasteiger partial charge is 0.252 e. The van der Waals surface area contributed by atoms with Gasteiger partial charge in [-0.3, -0.25) is 9.59 Å². The molecule has 1 aromatic carbocycles. The molecule has 0 radical (unpaired) electrons. The maximum atomic E-state index is 11.8. The van der Waals surface area contributed by atoms with Gasteiger partial charge in [-0.25, -0.2) is 0 Å². The molecule has 0 aliphatic carbocycles. The first-order chi connectivity index (χ1) is 9.54. The second-order valence-electron chi connectivity index (χ2n) is 4.74. The second kappa shape index (κ2) is 8.59. The molecule has 0 aliphatic rings. The average molecular weight is 297 g/mol. The van der Waals surface area contributed by atoms with Gasteiger partial charge in [0.25, 0.3) is 5.91 Å². The zero-order chi connectivity index (χ0) is 15.0. The van der Waals surface area contributed by atoms with Crippen molar-refractivity contribution in [1.82, 2.24) is 10.6 Å². The summed E-state index contributed by atoms with van der Waals surface area (Å²) in [7, 11) is 0. The molecule has 110 valence electrons. The third-order valence-electron chi connectivity index (χ3n) is 2.89. The first-order valence-electron chi connectivity index (χ1n) is 6.86. The van der Waals surface area contributed by atoms with E-state index in [9.17, 15) is 9.59 Å². The van der Waals surface area contributed by atoms with Crippen molar-refractivity contribution in [2.24, 2.45) is 0 Å². The lowest BCUT2D eigenvalue weighted by atomic mass is 10.2. The summed E-state index contributed by atoms with van der Waals surface area (Å²) in [6.45, 7) is 4.35. The van der Waals surface area contributed by atoms with Crippen molar-refractivity contribution in [3.05, 3.63) is 34.9 Å². The highest BCUT2D eigenvalue weighted by Gasteiger charge is 2.10. The number of nitrogens with one attached hydrogen (secondary N) is 2. The third-order valence-corrected chi connectivity index (χ3v) is 3.21. The summed E-state index contributed by atoms with van der Waals surface area (Å²) in [5, 5.41) is 5.99. The van der Waals surface area contributed by atoms with Crippen LogP contribution in [0.3, 0.4) is 0 Å². The molecule has 0 unspecified atom stereocenters. The van der Waals surface area contributed by atoms with Gasteiger partial charge in [0.1, 0.15) is 0 Å². The molecule has 2 N–H and O–H groups in total. The maximum Gasteiger partial charge on any atom is 0.252 e. The number of carbonyl (C=O) groups is 2. The first-order valence-corrected chi connectivity index (χ1v) is 7.24. The molecule has 1 atom stereocenters. The summed E-state index contributed by atoms with van der Waals surface area (Å²) in [5.41, 5.74) is 0.425. The van der Waals surface area contributed by atoms with Crippen LogP contribution in [0.5, 0.6) is 0 Å². The standard InChI is InChI=1S/C15H21ClN2O2/c1-3-6-11(2)18-14(19)9-10-17-15(20)12-7-4-5-8-13(12)16/h4-5,7-8,11H,3,6,9-10H2,1-2H3,(H,17,20)(H,18,19)/t11-/m1/s1. The predicted octanol–water partition coefficient (Wildman–Crippen LogP) is 2.76.